The predicted octanol–water partition coefficient (Wildman–Crippen LogP) is 4.56. The molecule has 0 fully saturated rings. The van der Waals surface area contributed by atoms with Crippen molar-refractivity contribution in [3.8, 4) is 23.0 Å². The van der Waals surface area contributed by atoms with E-state index in [2.05, 4.69) is 4.98 Å². The topological polar surface area (TPSA) is 119 Å². The number of methoxy groups -OCH3 is 1. The number of aromatic nitrogens is 1. The molecule has 38 heavy (non-hydrogen) atoms. The molecule has 1 heterocycles. The van der Waals surface area contributed by atoms with Gasteiger partial charge in [0.25, 0.3) is 0 Å². The normalized spacial score (nSPS) is 11.4. The molecule has 0 spiro atoms. The van der Waals surface area contributed by atoms with Crippen LogP contribution >= 0.6 is 0 Å². The number of oxazole rings is 1. The Kier molecular flexibility index (Phi) is 8.45. The van der Waals surface area contributed by atoms with Crippen LogP contribution in [0.4, 0.5) is 0 Å². The average Bonchev–Trinajstić information content (AvgIpc) is 3.29. The van der Waals surface area contributed by atoms with E-state index in [1.807, 2.05) is 37.3 Å². The van der Waals surface area contributed by atoms with E-state index in [0.29, 0.717) is 36.0 Å². The summed E-state index contributed by atoms with van der Waals surface area (Å²) in [5.74, 6) is 1.15. The van der Waals surface area contributed by atoms with E-state index in [4.69, 9.17) is 13.9 Å². The predicted molar refractivity (Wildman–Crippen MR) is 141 cm³/mol. The molecule has 4 rings (SSSR count). The molecule has 4 aromatic rings. The first-order valence-electron chi connectivity index (χ1n) is 11.9. The lowest BCUT2D eigenvalue weighted by Crippen LogP contribution is -2.35. The number of nitrogens with zero attached hydrogens (tertiary/aromatic N) is 2. The largest absolute Gasteiger partial charge is 0.497 e. The number of rotatable bonds is 12. The molecule has 3 aromatic carbocycles. The third-order valence-electron chi connectivity index (χ3n) is 5.81. The summed E-state index contributed by atoms with van der Waals surface area (Å²) in [4.78, 5) is 16.0. The van der Waals surface area contributed by atoms with E-state index in [9.17, 15) is 18.3 Å². The summed E-state index contributed by atoms with van der Waals surface area (Å²) in [6.07, 6.45) is 0.552. The monoisotopic (exact) mass is 536 g/mol. The van der Waals surface area contributed by atoms with Crippen LogP contribution in [0.15, 0.2) is 88.2 Å². The van der Waals surface area contributed by atoms with Gasteiger partial charge in [-0.25, -0.2) is 13.4 Å². The van der Waals surface area contributed by atoms with Gasteiger partial charge in [0.05, 0.1) is 24.3 Å². The molecule has 0 bridgehead atoms. The number of carboxylic acid groups (broad SMARTS) is 1. The van der Waals surface area contributed by atoms with Gasteiger partial charge in [0.1, 0.15) is 23.8 Å². The standard InChI is InChI=1S/C28H28N2O7S/c1-20-26(29-28(37-20)22-6-4-3-5-7-22)16-17-36-24-10-8-21(9-11-24)18-30(19-27(31)32)38(33,34)25-14-12-23(35-2)13-15-25/h3-15H,16-19H2,1-2H3,(H,31,32). The quantitative estimate of drug-likeness (QED) is 0.280. The molecule has 9 nitrogen and oxygen atoms in total. The Bertz CT molecular complexity index is 1470. The highest BCUT2D eigenvalue weighted by Crippen LogP contribution is 2.24. The molecule has 1 aromatic heterocycles. The van der Waals surface area contributed by atoms with Crippen molar-refractivity contribution in [3.05, 3.63) is 95.9 Å². The minimum Gasteiger partial charge on any atom is -0.497 e. The van der Waals surface area contributed by atoms with Gasteiger partial charge >= 0.3 is 5.97 Å². The fraction of sp³-hybridized carbons (Fsp3) is 0.214. The van der Waals surface area contributed by atoms with Crippen molar-refractivity contribution in [2.75, 3.05) is 20.3 Å². The van der Waals surface area contributed by atoms with Crippen molar-refractivity contribution in [1.82, 2.24) is 9.29 Å². The summed E-state index contributed by atoms with van der Waals surface area (Å²) in [5.41, 5.74) is 2.34. The van der Waals surface area contributed by atoms with Gasteiger partial charge in [0.2, 0.25) is 15.9 Å². The van der Waals surface area contributed by atoms with Gasteiger partial charge in [-0.3, -0.25) is 4.79 Å². The zero-order valence-corrected chi connectivity index (χ0v) is 21.8. The van der Waals surface area contributed by atoms with E-state index in [1.165, 1.54) is 31.4 Å². The minimum atomic E-state index is -4.05. The lowest BCUT2D eigenvalue weighted by atomic mass is 10.2. The maximum Gasteiger partial charge on any atom is 0.318 e. The van der Waals surface area contributed by atoms with Crippen molar-refractivity contribution in [2.24, 2.45) is 0 Å². The van der Waals surface area contributed by atoms with Crippen molar-refractivity contribution in [2.45, 2.75) is 24.8 Å². The zero-order chi connectivity index (χ0) is 27.1. The number of carbonyl (C=O) groups is 1. The Balaban J connectivity index is 1.38. The molecular formula is C28H28N2O7S. The molecule has 0 aliphatic rings. The number of aryl methyl sites for hydroxylation is 1. The highest BCUT2D eigenvalue weighted by Gasteiger charge is 2.27. The van der Waals surface area contributed by atoms with E-state index in [-0.39, 0.29) is 11.4 Å². The molecule has 0 unspecified atom stereocenters. The average molecular weight is 537 g/mol. The van der Waals surface area contributed by atoms with Crippen LogP contribution in [0.1, 0.15) is 17.0 Å². The number of carboxylic acids is 1. The second-order valence-corrected chi connectivity index (χ2v) is 10.4. The minimum absolute atomic E-state index is 0.0157. The summed E-state index contributed by atoms with van der Waals surface area (Å²) in [7, 11) is -2.57. The molecule has 0 saturated heterocycles. The highest BCUT2D eigenvalue weighted by molar-refractivity contribution is 7.89. The first kappa shape index (κ1) is 26.9. The van der Waals surface area contributed by atoms with Crippen LogP contribution in [-0.4, -0.2) is 49.0 Å². The van der Waals surface area contributed by atoms with Crippen LogP contribution in [-0.2, 0) is 27.8 Å². The van der Waals surface area contributed by atoms with E-state index < -0.39 is 22.5 Å². The van der Waals surface area contributed by atoms with Crippen LogP contribution in [0.5, 0.6) is 11.5 Å². The Labute approximate surface area is 221 Å². The second kappa shape index (κ2) is 11.9. The maximum absolute atomic E-state index is 13.1. The van der Waals surface area contributed by atoms with Crippen LogP contribution in [0.2, 0.25) is 0 Å². The van der Waals surface area contributed by atoms with Crippen molar-refractivity contribution >= 4 is 16.0 Å². The van der Waals surface area contributed by atoms with E-state index >= 15 is 0 Å². The number of hydrogen-bond donors (Lipinski definition) is 1. The van der Waals surface area contributed by atoms with Crippen molar-refractivity contribution < 1.29 is 32.2 Å². The van der Waals surface area contributed by atoms with E-state index in [1.54, 1.807) is 24.3 Å². The Hall–Kier alpha value is -4.15. The zero-order valence-electron chi connectivity index (χ0n) is 21.0. The molecule has 0 atom stereocenters. The molecule has 0 amide bonds. The number of hydrogen-bond acceptors (Lipinski definition) is 7. The third-order valence-corrected chi connectivity index (χ3v) is 7.62. The highest BCUT2D eigenvalue weighted by atomic mass is 32.2. The van der Waals surface area contributed by atoms with Crippen LogP contribution < -0.4 is 9.47 Å². The van der Waals surface area contributed by atoms with Crippen LogP contribution in [0.25, 0.3) is 11.5 Å². The third kappa shape index (κ3) is 6.58. The Morgan fingerprint density at radius 2 is 1.63 bits per heavy atom. The van der Waals surface area contributed by atoms with Gasteiger partial charge in [0.15, 0.2) is 0 Å². The second-order valence-electron chi connectivity index (χ2n) is 8.47. The van der Waals surface area contributed by atoms with Crippen molar-refractivity contribution in [3.63, 3.8) is 0 Å². The van der Waals surface area contributed by atoms with Crippen LogP contribution in [0.3, 0.4) is 0 Å². The molecule has 0 aliphatic carbocycles. The lowest BCUT2D eigenvalue weighted by Gasteiger charge is -2.21. The van der Waals surface area contributed by atoms with Gasteiger partial charge in [0, 0.05) is 18.5 Å². The van der Waals surface area contributed by atoms with Gasteiger partial charge in [-0.05, 0) is 61.0 Å². The molecule has 0 radical (unpaired) electrons. The van der Waals surface area contributed by atoms with Gasteiger partial charge in [-0.2, -0.15) is 4.31 Å². The first-order valence-corrected chi connectivity index (χ1v) is 13.3. The van der Waals surface area contributed by atoms with E-state index in [0.717, 1.165) is 21.3 Å². The van der Waals surface area contributed by atoms with Gasteiger partial charge in [-0.1, -0.05) is 30.3 Å². The summed E-state index contributed by atoms with van der Waals surface area (Å²) in [6.45, 7) is 1.46. The molecule has 10 heteroatoms. The fourth-order valence-corrected chi connectivity index (χ4v) is 5.18. The van der Waals surface area contributed by atoms with Gasteiger partial charge < -0.3 is 19.0 Å². The Morgan fingerprint density at radius 1 is 0.974 bits per heavy atom. The number of benzene rings is 3. The number of aliphatic carboxylic acids is 1. The summed E-state index contributed by atoms with van der Waals surface area (Å²) >= 11 is 0. The SMILES string of the molecule is COc1ccc(S(=O)(=O)N(CC(=O)O)Cc2ccc(OCCc3nc(-c4ccccc4)oc3C)cc2)cc1. The maximum atomic E-state index is 13.1. The molecular weight excluding hydrogens is 508 g/mol. The molecule has 1 N–H and O–H groups in total. The molecule has 0 aliphatic heterocycles. The fourth-order valence-electron chi connectivity index (χ4n) is 3.80. The number of sulfonamides is 1. The summed E-state index contributed by atoms with van der Waals surface area (Å²) in [5, 5.41) is 9.32. The lowest BCUT2D eigenvalue weighted by molar-refractivity contribution is -0.137. The summed E-state index contributed by atoms with van der Waals surface area (Å²) in [6, 6.07) is 22.3. The molecule has 0 saturated carbocycles. The van der Waals surface area contributed by atoms with Crippen molar-refractivity contribution in [1.29, 1.82) is 0 Å². The van der Waals surface area contributed by atoms with Gasteiger partial charge in [-0.15, -0.1) is 0 Å². The smallest absolute Gasteiger partial charge is 0.318 e. The Morgan fingerprint density at radius 3 is 2.26 bits per heavy atom. The molecule has 198 valence electrons. The number of ether oxygens (including phenoxy) is 2. The van der Waals surface area contributed by atoms with Crippen LogP contribution in [0, 0.1) is 6.92 Å². The first-order chi connectivity index (χ1) is 18.3. The summed E-state index contributed by atoms with van der Waals surface area (Å²) < 4.78 is 43.9.